The van der Waals surface area contributed by atoms with Crippen LogP contribution in [0.5, 0.6) is 0 Å². The second kappa shape index (κ2) is 12.2. The third-order valence-corrected chi connectivity index (χ3v) is 6.13. The van der Waals surface area contributed by atoms with Gasteiger partial charge in [0.05, 0.1) is 0 Å². The first-order chi connectivity index (χ1) is 16.3. The molecule has 33 heavy (non-hydrogen) atoms. The first kappa shape index (κ1) is 23.0. The molecular formula is C31H34N2. The van der Waals surface area contributed by atoms with E-state index in [4.69, 9.17) is 0 Å². The summed E-state index contributed by atoms with van der Waals surface area (Å²) >= 11 is 0. The van der Waals surface area contributed by atoms with Gasteiger partial charge < -0.3 is 10.6 Å². The number of rotatable bonds is 11. The van der Waals surface area contributed by atoms with Crippen LogP contribution in [0.2, 0.25) is 0 Å². The van der Waals surface area contributed by atoms with Crippen molar-refractivity contribution in [2.24, 2.45) is 0 Å². The fourth-order valence-electron chi connectivity index (χ4n) is 4.37. The molecule has 0 saturated carbocycles. The second-order valence-corrected chi connectivity index (χ2v) is 8.78. The lowest BCUT2D eigenvalue weighted by atomic mass is 9.97. The van der Waals surface area contributed by atoms with Gasteiger partial charge in [0, 0.05) is 24.7 Å². The lowest BCUT2D eigenvalue weighted by molar-refractivity contribution is 0.407. The maximum absolute atomic E-state index is 3.89. The van der Waals surface area contributed by atoms with E-state index in [1.165, 1.54) is 22.3 Å². The Hall–Kier alpha value is -3.20. The van der Waals surface area contributed by atoms with Crippen molar-refractivity contribution < 1.29 is 0 Å². The second-order valence-electron chi connectivity index (χ2n) is 8.78. The molecule has 0 saturated heterocycles. The van der Waals surface area contributed by atoms with E-state index < -0.39 is 0 Å². The summed E-state index contributed by atoms with van der Waals surface area (Å²) in [4.78, 5) is 0. The normalized spacial score (nSPS) is 13.8. The molecule has 168 valence electrons. The summed E-state index contributed by atoms with van der Waals surface area (Å²) in [6.45, 7) is 3.17. The van der Waals surface area contributed by atoms with Gasteiger partial charge in [-0.15, -0.1) is 0 Å². The van der Waals surface area contributed by atoms with Gasteiger partial charge in [-0.2, -0.15) is 0 Å². The van der Waals surface area contributed by atoms with Crippen LogP contribution in [0.25, 0.3) is 0 Å². The molecule has 0 aromatic heterocycles. The van der Waals surface area contributed by atoms with Crippen molar-refractivity contribution in [1.29, 1.82) is 0 Å². The van der Waals surface area contributed by atoms with E-state index >= 15 is 0 Å². The van der Waals surface area contributed by atoms with Gasteiger partial charge in [0.15, 0.2) is 0 Å². The van der Waals surface area contributed by atoms with Gasteiger partial charge in [-0.25, -0.2) is 0 Å². The van der Waals surface area contributed by atoms with Crippen molar-refractivity contribution in [3.8, 4) is 0 Å². The van der Waals surface area contributed by atoms with Gasteiger partial charge >= 0.3 is 0 Å². The largest absolute Gasteiger partial charge is 0.308 e. The van der Waals surface area contributed by atoms with Crippen molar-refractivity contribution in [1.82, 2.24) is 10.6 Å². The van der Waals surface area contributed by atoms with Crippen molar-refractivity contribution in [3.63, 3.8) is 0 Å². The zero-order valence-electron chi connectivity index (χ0n) is 19.4. The molecule has 0 fully saturated rings. The van der Waals surface area contributed by atoms with E-state index in [9.17, 15) is 0 Å². The topological polar surface area (TPSA) is 24.1 Å². The van der Waals surface area contributed by atoms with Crippen molar-refractivity contribution >= 4 is 0 Å². The molecule has 0 aliphatic rings. The molecule has 0 spiro atoms. The van der Waals surface area contributed by atoms with Gasteiger partial charge in [0.25, 0.3) is 0 Å². The third kappa shape index (κ3) is 7.15. The maximum atomic E-state index is 3.89. The summed E-state index contributed by atoms with van der Waals surface area (Å²) in [6, 6.07) is 43.9. The van der Waals surface area contributed by atoms with E-state index in [0.717, 1.165) is 19.4 Å². The Morgan fingerprint density at radius 1 is 0.515 bits per heavy atom. The minimum Gasteiger partial charge on any atom is -0.308 e. The van der Waals surface area contributed by atoms with Crippen molar-refractivity contribution in [3.05, 3.63) is 144 Å². The molecule has 4 aromatic rings. The summed E-state index contributed by atoms with van der Waals surface area (Å²) in [5.41, 5.74) is 5.37. The van der Waals surface area contributed by atoms with Gasteiger partial charge in [-0.3, -0.25) is 0 Å². The third-order valence-electron chi connectivity index (χ3n) is 6.13. The maximum Gasteiger partial charge on any atom is 0.0363 e. The molecule has 4 rings (SSSR count). The summed E-state index contributed by atoms with van der Waals surface area (Å²) in [5, 5.41) is 7.73. The summed E-state index contributed by atoms with van der Waals surface area (Å²) in [6.07, 6.45) is 1.95. The Bertz CT molecular complexity index is 1050. The van der Waals surface area contributed by atoms with E-state index in [1.807, 2.05) is 0 Å². The van der Waals surface area contributed by atoms with Crippen LogP contribution in [0.3, 0.4) is 0 Å². The summed E-state index contributed by atoms with van der Waals surface area (Å²) in [5.74, 6) is 0. The molecular weight excluding hydrogens is 400 g/mol. The highest BCUT2D eigenvalue weighted by Crippen LogP contribution is 2.21. The smallest absolute Gasteiger partial charge is 0.0363 e. The molecule has 0 radical (unpaired) electrons. The van der Waals surface area contributed by atoms with E-state index in [0.29, 0.717) is 6.04 Å². The number of hydrogen-bond acceptors (Lipinski definition) is 2. The minimum atomic E-state index is 0.273. The van der Waals surface area contributed by atoms with E-state index in [-0.39, 0.29) is 12.1 Å². The molecule has 2 nitrogen and oxygen atoms in total. The van der Waals surface area contributed by atoms with Gasteiger partial charge in [-0.1, -0.05) is 121 Å². The molecule has 0 heterocycles. The molecule has 0 aliphatic heterocycles. The Morgan fingerprint density at radius 3 is 1.39 bits per heavy atom. The lowest BCUT2D eigenvalue weighted by Gasteiger charge is -2.27. The molecule has 2 N–H and O–H groups in total. The predicted octanol–water partition coefficient (Wildman–Crippen LogP) is 6.52. The van der Waals surface area contributed by atoms with Crippen LogP contribution in [0.4, 0.5) is 0 Å². The monoisotopic (exact) mass is 434 g/mol. The highest BCUT2D eigenvalue weighted by atomic mass is 15.0. The first-order valence-corrected chi connectivity index (χ1v) is 11.9. The molecule has 0 bridgehead atoms. The Balaban J connectivity index is 1.43. The minimum absolute atomic E-state index is 0.273. The van der Waals surface area contributed by atoms with E-state index in [2.05, 4.69) is 139 Å². The highest BCUT2D eigenvalue weighted by molar-refractivity contribution is 5.25. The zero-order valence-corrected chi connectivity index (χ0v) is 19.4. The van der Waals surface area contributed by atoms with Crippen LogP contribution in [0.1, 0.15) is 41.3 Å². The number of nitrogens with one attached hydrogen (secondary N) is 2. The average molecular weight is 435 g/mol. The number of benzene rings is 4. The SMILES string of the molecule is C[C@H](CN[C@H](Cc1ccccc1)c1ccccc1)N[C@@H](Cc1ccccc1)c1ccccc1. The van der Waals surface area contributed by atoms with Gasteiger partial charge in [0.1, 0.15) is 0 Å². The van der Waals surface area contributed by atoms with Crippen LogP contribution in [0, 0.1) is 0 Å². The quantitative estimate of drug-likeness (QED) is 0.281. The Morgan fingerprint density at radius 2 is 0.909 bits per heavy atom. The molecule has 4 aromatic carbocycles. The van der Waals surface area contributed by atoms with Crippen LogP contribution in [-0.2, 0) is 12.8 Å². The molecule has 0 amide bonds. The van der Waals surface area contributed by atoms with Gasteiger partial charge in [0.2, 0.25) is 0 Å². The van der Waals surface area contributed by atoms with Crippen LogP contribution in [0.15, 0.2) is 121 Å². The fraction of sp³-hybridized carbons (Fsp3) is 0.226. The molecule has 0 unspecified atom stereocenters. The molecule has 3 atom stereocenters. The van der Waals surface area contributed by atoms with E-state index in [1.54, 1.807) is 0 Å². The molecule has 2 heteroatoms. The Labute approximate surface area is 198 Å². The van der Waals surface area contributed by atoms with Crippen molar-refractivity contribution in [2.75, 3.05) is 6.54 Å². The standard InChI is InChI=1S/C31H34N2/c1-25(33-31(29-20-12-5-13-21-29)23-27-16-8-3-9-17-27)24-32-30(28-18-10-4-11-19-28)22-26-14-6-2-7-15-26/h2-21,25,30-33H,22-24H2,1H3/t25-,30-,31+/m1/s1. The lowest BCUT2D eigenvalue weighted by Crippen LogP contribution is -2.40. The zero-order chi connectivity index (χ0) is 22.7. The average Bonchev–Trinajstić information content (AvgIpc) is 2.88. The predicted molar refractivity (Wildman–Crippen MR) is 139 cm³/mol. The fourth-order valence-corrected chi connectivity index (χ4v) is 4.37. The van der Waals surface area contributed by atoms with Crippen LogP contribution < -0.4 is 10.6 Å². The summed E-state index contributed by atoms with van der Waals surface area (Å²) in [7, 11) is 0. The Kier molecular flexibility index (Phi) is 8.46. The van der Waals surface area contributed by atoms with Crippen molar-refractivity contribution in [2.45, 2.75) is 37.9 Å². The number of hydrogen-bond donors (Lipinski definition) is 2. The van der Waals surface area contributed by atoms with Crippen LogP contribution >= 0.6 is 0 Å². The van der Waals surface area contributed by atoms with Crippen LogP contribution in [-0.4, -0.2) is 12.6 Å². The van der Waals surface area contributed by atoms with Gasteiger partial charge in [-0.05, 0) is 42.0 Å². The first-order valence-electron chi connectivity index (χ1n) is 11.9. The molecule has 0 aliphatic carbocycles. The highest BCUT2D eigenvalue weighted by Gasteiger charge is 2.17. The summed E-state index contributed by atoms with van der Waals surface area (Å²) < 4.78 is 0.